The fourth-order valence-electron chi connectivity index (χ4n) is 1.33. The summed E-state index contributed by atoms with van der Waals surface area (Å²) >= 11 is 1.52. The molecule has 0 aliphatic rings. The number of amides is 1. The van der Waals surface area contributed by atoms with E-state index < -0.39 is 0 Å². The molecule has 0 unspecified atom stereocenters. The van der Waals surface area contributed by atoms with E-state index in [4.69, 9.17) is 0 Å². The van der Waals surface area contributed by atoms with Crippen molar-refractivity contribution in [2.24, 2.45) is 0 Å². The van der Waals surface area contributed by atoms with Crippen LogP contribution in [-0.4, -0.2) is 15.9 Å². The number of H-pyrrole nitrogens is 1. The summed E-state index contributed by atoms with van der Waals surface area (Å²) in [5.41, 5.74) is -0.183. The van der Waals surface area contributed by atoms with Crippen LogP contribution in [0.2, 0.25) is 0 Å². The number of rotatable bonds is 3. The number of nitrogens with zero attached hydrogens (tertiary/aromatic N) is 1. The first-order valence-electron chi connectivity index (χ1n) is 5.03. The Morgan fingerprint density at radius 1 is 1.59 bits per heavy atom. The number of carbonyl (C=O) groups is 1. The van der Waals surface area contributed by atoms with Crippen molar-refractivity contribution in [2.45, 2.75) is 13.5 Å². The van der Waals surface area contributed by atoms with Gasteiger partial charge >= 0.3 is 0 Å². The molecule has 17 heavy (non-hydrogen) atoms. The molecular formula is C11H11N3O2S. The second kappa shape index (κ2) is 4.92. The van der Waals surface area contributed by atoms with Gasteiger partial charge in [-0.05, 0) is 6.92 Å². The number of thiazole rings is 1. The van der Waals surface area contributed by atoms with Gasteiger partial charge < -0.3 is 10.3 Å². The first kappa shape index (κ1) is 11.5. The van der Waals surface area contributed by atoms with Gasteiger partial charge in [-0.3, -0.25) is 9.59 Å². The van der Waals surface area contributed by atoms with Crippen molar-refractivity contribution < 1.29 is 4.79 Å². The van der Waals surface area contributed by atoms with Crippen molar-refractivity contribution in [1.82, 2.24) is 15.3 Å². The van der Waals surface area contributed by atoms with E-state index in [1.807, 2.05) is 6.92 Å². The van der Waals surface area contributed by atoms with Crippen molar-refractivity contribution in [3.05, 3.63) is 50.3 Å². The van der Waals surface area contributed by atoms with E-state index in [0.717, 1.165) is 9.88 Å². The second-order valence-corrected chi connectivity index (χ2v) is 4.79. The average Bonchev–Trinajstić information content (AvgIpc) is 2.73. The van der Waals surface area contributed by atoms with Crippen LogP contribution in [0.15, 0.2) is 29.5 Å². The maximum atomic E-state index is 11.7. The quantitative estimate of drug-likeness (QED) is 0.854. The maximum absolute atomic E-state index is 11.7. The summed E-state index contributed by atoms with van der Waals surface area (Å²) in [4.78, 5) is 31.0. The molecule has 2 rings (SSSR count). The standard InChI is InChI=1S/C11H11N3O2S/c1-7-4-13-10(17-7)6-14-11(16)8-5-12-3-2-9(8)15/h2-5H,6H2,1H3,(H,12,15)(H,14,16). The van der Waals surface area contributed by atoms with Gasteiger partial charge in [0.25, 0.3) is 5.91 Å². The van der Waals surface area contributed by atoms with Gasteiger partial charge in [0.15, 0.2) is 5.43 Å². The summed E-state index contributed by atoms with van der Waals surface area (Å²) in [6.07, 6.45) is 4.63. The van der Waals surface area contributed by atoms with Crippen molar-refractivity contribution in [2.75, 3.05) is 0 Å². The molecule has 0 atom stereocenters. The van der Waals surface area contributed by atoms with Crippen LogP contribution in [0.4, 0.5) is 0 Å². The highest BCUT2D eigenvalue weighted by atomic mass is 32.1. The summed E-state index contributed by atoms with van der Waals surface area (Å²) in [6, 6.07) is 1.32. The summed E-state index contributed by atoms with van der Waals surface area (Å²) in [5.74, 6) is -0.389. The number of aromatic nitrogens is 2. The van der Waals surface area contributed by atoms with Crippen LogP contribution in [0.3, 0.4) is 0 Å². The van der Waals surface area contributed by atoms with E-state index in [-0.39, 0.29) is 16.9 Å². The Balaban J connectivity index is 2.03. The van der Waals surface area contributed by atoms with E-state index in [1.54, 1.807) is 6.20 Å². The lowest BCUT2D eigenvalue weighted by Crippen LogP contribution is -2.27. The van der Waals surface area contributed by atoms with Crippen LogP contribution in [0.5, 0.6) is 0 Å². The fourth-order valence-corrected chi connectivity index (χ4v) is 2.05. The molecule has 2 N–H and O–H groups in total. The highest BCUT2D eigenvalue weighted by Gasteiger charge is 2.09. The van der Waals surface area contributed by atoms with E-state index in [2.05, 4.69) is 15.3 Å². The van der Waals surface area contributed by atoms with E-state index in [0.29, 0.717) is 6.54 Å². The van der Waals surface area contributed by atoms with Crippen molar-refractivity contribution >= 4 is 17.2 Å². The lowest BCUT2D eigenvalue weighted by molar-refractivity contribution is 0.0949. The number of hydrogen-bond donors (Lipinski definition) is 2. The topological polar surface area (TPSA) is 74.8 Å². The van der Waals surface area contributed by atoms with Gasteiger partial charge in [0, 0.05) is 29.5 Å². The molecule has 88 valence electrons. The predicted molar refractivity (Wildman–Crippen MR) is 65.1 cm³/mol. The Morgan fingerprint density at radius 3 is 3.06 bits per heavy atom. The SMILES string of the molecule is Cc1cnc(CNC(=O)c2c[nH]ccc2=O)s1. The third kappa shape index (κ3) is 2.79. The molecular weight excluding hydrogens is 238 g/mol. The summed E-state index contributed by atoms with van der Waals surface area (Å²) in [7, 11) is 0. The second-order valence-electron chi connectivity index (χ2n) is 3.47. The average molecular weight is 249 g/mol. The number of nitrogens with one attached hydrogen (secondary N) is 2. The van der Waals surface area contributed by atoms with Gasteiger partial charge in [-0.2, -0.15) is 0 Å². The Bertz CT molecular complexity index is 588. The fraction of sp³-hybridized carbons (Fsp3) is 0.182. The molecule has 0 bridgehead atoms. The molecule has 1 amide bonds. The first-order valence-corrected chi connectivity index (χ1v) is 5.85. The molecule has 0 saturated carbocycles. The van der Waals surface area contributed by atoms with Crippen LogP contribution in [-0.2, 0) is 6.54 Å². The Hall–Kier alpha value is -1.95. The van der Waals surface area contributed by atoms with Gasteiger partial charge in [0.2, 0.25) is 0 Å². The highest BCUT2D eigenvalue weighted by Crippen LogP contribution is 2.10. The summed E-state index contributed by atoms with van der Waals surface area (Å²) < 4.78 is 0. The third-order valence-electron chi connectivity index (χ3n) is 2.14. The number of hydrogen-bond acceptors (Lipinski definition) is 4. The summed E-state index contributed by atoms with van der Waals surface area (Å²) in [5, 5.41) is 3.48. The van der Waals surface area contributed by atoms with Crippen molar-refractivity contribution in [1.29, 1.82) is 0 Å². The molecule has 0 aromatic carbocycles. The van der Waals surface area contributed by atoms with E-state index in [1.165, 1.54) is 29.8 Å². The lowest BCUT2D eigenvalue weighted by atomic mass is 10.2. The smallest absolute Gasteiger partial charge is 0.257 e. The molecule has 0 fully saturated rings. The molecule has 0 aliphatic carbocycles. The van der Waals surface area contributed by atoms with Gasteiger partial charge in [-0.25, -0.2) is 4.98 Å². The molecule has 0 aliphatic heterocycles. The van der Waals surface area contributed by atoms with Crippen molar-refractivity contribution in [3.8, 4) is 0 Å². The van der Waals surface area contributed by atoms with Gasteiger partial charge in [0.1, 0.15) is 10.6 Å². The third-order valence-corrected chi connectivity index (χ3v) is 3.05. The largest absolute Gasteiger partial charge is 0.367 e. The zero-order valence-corrected chi connectivity index (χ0v) is 10.0. The molecule has 5 nitrogen and oxygen atoms in total. The minimum absolute atomic E-state index is 0.112. The molecule has 0 saturated heterocycles. The first-order chi connectivity index (χ1) is 8.16. The van der Waals surface area contributed by atoms with Gasteiger partial charge in [0.05, 0.1) is 6.54 Å². The lowest BCUT2D eigenvalue weighted by Gasteiger charge is -2.01. The van der Waals surface area contributed by atoms with Crippen LogP contribution in [0, 0.1) is 6.92 Å². The van der Waals surface area contributed by atoms with Crippen molar-refractivity contribution in [3.63, 3.8) is 0 Å². The predicted octanol–water partition coefficient (Wildman–Crippen LogP) is 1.07. The van der Waals surface area contributed by atoms with Crippen LogP contribution >= 0.6 is 11.3 Å². The zero-order valence-electron chi connectivity index (χ0n) is 9.19. The minimum atomic E-state index is -0.389. The Kier molecular flexibility index (Phi) is 3.34. The highest BCUT2D eigenvalue weighted by molar-refractivity contribution is 7.11. The maximum Gasteiger partial charge on any atom is 0.257 e. The van der Waals surface area contributed by atoms with E-state index >= 15 is 0 Å². The zero-order chi connectivity index (χ0) is 12.3. The normalized spacial score (nSPS) is 10.2. The molecule has 0 spiro atoms. The van der Waals surface area contributed by atoms with Gasteiger partial charge in [-0.1, -0.05) is 0 Å². The number of carbonyl (C=O) groups excluding carboxylic acids is 1. The molecule has 2 aromatic rings. The minimum Gasteiger partial charge on any atom is -0.367 e. The molecule has 2 aromatic heterocycles. The van der Waals surface area contributed by atoms with Crippen LogP contribution < -0.4 is 10.7 Å². The number of aromatic amines is 1. The summed E-state index contributed by atoms with van der Waals surface area (Å²) in [6.45, 7) is 2.29. The number of aryl methyl sites for hydroxylation is 1. The molecule has 6 heteroatoms. The van der Waals surface area contributed by atoms with E-state index in [9.17, 15) is 9.59 Å². The van der Waals surface area contributed by atoms with Crippen LogP contribution in [0.25, 0.3) is 0 Å². The Morgan fingerprint density at radius 2 is 2.41 bits per heavy atom. The Labute approximate surface area is 102 Å². The van der Waals surface area contributed by atoms with Crippen LogP contribution in [0.1, 0.15) is 20.2 Å². The van der Waals surface area contributed by atoms with Gasteiger partial charge in [-0.15, -0.1) is 11.3 Å². The monoisotopic (exact) mass is 249 g/mol. The molecule has 0 radical (unpaired) electrons. The number of pyridine rings is 1. The molecule has 2 heterocycles.